The van der Waals surface area contributed by atoms with Gasteiger partial charge in [-0.15, -0.1) is 0 Å². The standard InChI is InChI=1S/C16H13N5O4/c22-15(8-11-3-1-6-14(7-11)21(24)25)18-12-4-2-5-13(9-12)20-10-17-19-16(20)23/h1-7,9-10H,8H2,(H,18,22)(H,19,23). The third-order valence-corrected chi connectivity index (χ3v) is 3.45. The number of hydrogen-bond acceptors (Lipinski definition) is 5. The van der Waals surface area contributed by atoms with Crippen LogP contribution in [-0.4, -0.2) is 25.6 Å². The van der Waals surface area contributed by atoms with Crippen LogP contribution in [0.5, 0.6) is 0 Å². The Kier molecular flexibility index (Phi) is 4.38. The number of anilines is 1. The van der Waals surface area contributed by atoms with Crippen molar-refractivity contribution in [2.45, 2.75) is 6.42 Å². The summed E-state index contributed by atoms with van der Waals surface area (Å²) in [6.45, 7) is 0. The number of H-pyrrole nitrogens is 1. The molecule has 2 N–H and O–H groups in total. The molecule has 2 aromatic carbocycles. The minimum atomic E-state index is -0.506. The molecule has 9 nitrogen and oxygen atoms in total. The minimum absolute atomic E-state index is 0.00241. The maximum Gasteiger partial charge on any atom is 0.347 e. The number of amides is 1. The number of rotatable bonds is 5. The van der Waals surface area contributed by atoms with Crippen molar-refractivity contribution < 1.29 is 9.72 Å². The molecular weight excluding hydrogens is 326 g/mol. The van der Waals surface area contributed by atoms with E-state index in [4.69, 9.17) is 0 Å². The van der Waals surface area contributed by atoms with Crippen LogP contribution in [0.3, 0.4) is 0 Å². The van der Waals surface area contributed by atoms with Crippen LogP contribution in [0, 0.1) is 10.1 Å². The molecule has 0 aliphatic heterocycles. The molecule has 3 aromatic rings. The zero-order valence-electron chi connectivity index (χ0n) is 12.9. The first-order valence-electron chi connectivity index (χ1n) is 7.28. The second kappa shape index (κ2) is 6.79. The van der Waals surface area contributed by atoms with Crippen molar-refractivity contribution in [3.05, 3.63) is 81.0 Å². The molecule has 1 heterocycles. The number of nitro groups is 1. The van der Waals surface area contributed by atoms with Gasteiger partial charge < -0.3 is 5.32 Å². The van der Waals surface area contributed by atoms with Crippen molar-refractivity contribution in [1.29, 1.82) is 0 Å². The maximum atomic E-state index is 12.2. The Bertz CT molecular complexity index is 992. The summed E-state index contributed by atoms with van der Waals surface area (Å²) in [5.74, 6) is -0.322. The summed E-state index contributed by atoms with van der Waals surface area (Å²) < 4.78 is 1.30. The minimum Gasteiger partial charge on any atom is -0.326 e. The third-order valence-electron chi connectivity index (χ3n) is 3.45. The van der Waals surface area contributed by atoms with Gasteiger partial charge in [0.05, 0.1) is 17.0 Å². The van der Waals surface area contributed by atoms with E-state index < -0.39 is 4.92 Å². The summed E-state index contributed by atoms with van der Waals surface area (Å²) in [5, 5.41) is 19.4. The van der Waals surface area contributed by atoms with E-state index in [1.165, 1.54) is 29.1 Å². The Labute approximate surface area is 141 Å². The predicted octanol–water partition coefficient (Wildman–Crippen LogP) is 1.65. The fourth-order valence-corrected chi connectivity index (χ4v) is 2.34. The molecule has 0 fully saturated rings. The van der Waals surface area contributed by atoms with E-state index in [0.29, 0.717) is 16.9 Å². The predicted molar refractivity (Wildman–Crippen MR) is 89.6 cm³/mol. The van der Waals surface area contributed by atoms with Crippen molar-refractivity contribution in [1.82, 2.24) is 14.8 Å². The van der Waals surface area contributed by atoms with Gasteiger partial charge in [-0.25, -0.2) is 14.5 Å². The molecule has 0 saturated carbocycles. The number of non-ortho nitro benzene ring substituents is 1. The number of nitrogens with zero attached hydrogens (tertiary/aromatic N) is 3. The van der Waals surface area contributed by atoms with Crippen molar-refractivity contribution in [2.24, 2.45) is 0 Å². The van der Waals surface area contributed by atoms with Gasteiger partial charge in [0.25, 0.3) is 5.69 Å². The molecule has 0 aliphatic carbocycles. The first-order chi connectivity index (χ1) is 12.0. The molecule has 1 aromatic heterocycles. The van der Waals surface area contributed by atoms with Crippen LogP contribution in [0.2, 0.25) is 0 Å². The smallest absolute Gasteiger partial charge is 0.326 e. The lowest BCUT2D eigenvalue weighted by molar-refractivity contribution is -0.384. The van der Waals surface area contributed by atoms with Crippen LogP contribution in [-0.2, 0) is 11.2 Å². The summed E-state index contributed by atoms with van der Waals surface area (Å²) in [7, 11) is 0. The topological polar surface area (TPSA) is 123 Å². The lowest BCUT2D eigenvalue weighted by atomic mass is 10.1. The molecule has 0 unspecified atom stereocenters. The summed E-state index contributed by atoms with van der Waals surface area (Å²) in [5.41, 5.74) is 1.13. The number of carbonyl (C=O) groups excluding carboxylic acids is 1. The van der Waals surface area contributed by atoms with Gasteiger partial charge in [0, 0.05) is 17.8 Å². The highest BCUT2D eigenvalue weighted by molar-refractivity contribution is 5.92. The van der Waals surface area contributed by atoms with E-state index in [9.17, 15) is 19.7 Å². The van der Waals surface area contributed by atoms with Crippen LogP contribution in [0.4, 0.5) is 11.4 Å². The first-order valence-corrected chi connectivity index (χ1v) is 7.28. The molecular formula is C16H13N5O4. The lowest BCUT2D eigenvalue weighted by Gasteiger charge is -2.07. The number of nitro benzene ring substituents is 1. The molecule has 126 valence electrons. The van der Waals surface area contributed by atoms with Gasteiger partial charge in [0.2, 0.25) is 5.91 Å². The van der Waals surface area contributed by atoms with Gasteiger partial charge >= 0.3 is 5.69 Å². The number of benzene rings is 2. The highest BCUT2D eigenvalue weighted by Gasteiger charge is 2.10. The Balaban J connectivity index is 1.73. The fourth-order valence-electron chi connectivity index (χ4n) is 2.34. The number of aromatic nitrogens is 3. The zero-order valence-corrected chi connectivity index (χ0v) is 12.9. The van der Waals surface area contributed by atoms with Gasteiger partial charge in [-0.3, -0.25) is 14.9 Å². The van der Waals surface area contributed by atoms with Crippen molar-refractivity contribution in [3.8, 4) is 5.69 Å². The highest BCUT2D eigenvalue weighted by Crippen LogP contribution is 2.16. The summed E-state index contributed by atoms with van der Waals surface area (Å²) in [6.07, 6.45) is 1.34. The quantitative estimate of drug-likeness (QED) is 0.540. The Hall–Kier alpha value is -3.75. The second-order valence-corrected chi connectivity index (χ2v) is 5.23. The Morgan fingerprint density at radius 2 is 2.04 bits per heavy atom. The maximum absolute atomic E-state index is 12.2. The third kappa shape index (κ3) is 3.78. The zero-order chi connectivity index (χ0) is 17.8. The molecule has 0 atom stereocenters. The normalized spacial score (nSPS) is 10.4. The molecule has 25 heavy (non-hydrogen) atoms. The van der Waals surface area contributed by atoms with E-state index >= 15 is 0 Å². The van der Waals surface area contributed by atoms with Crippen LogP contribution in [0.25, 0.3) is 5.69 Å². The van der Waals surface area contributed by atoms with Crippen molar-refractivity contribution in [2.75, 3.05) is 5.32 Å². The molecule has 0 spiro atoms. The van der Waals surface area contributed by atoms with E-state index in [1.54, 1.807) is 30.3 Å². The first kappa shape index (κ1) is 16.1. The summed E-state index contributed by atoms with van der Waals surface area (Å²) in [4.78, 5) is 34.0. The van der Waals surface area contributed by atoms with Crippen LogP contribution >= 0.6 is 0 Å². The number of hydrogen-bond donors (Lipinski definition) is 2. The fraction of sp³-hybridized carbons (Fsp3) is 0.0625. The van der Waals surface area contributed by atoms with E-state index in [1.807, 2.05) is 0 Å². The van der Waals surface area contributed by atoms with Gasteiger partial charge in [0.15, 0.2) is 0 Å². The average Bonchev–Trinajstić information content (AvgIpc) is 3.01. The van der Waals surface area contributed by atoms with Crippen LogP contribution in [0.15, 0.2) is 59.7 Å². The molecule has 9 heteroatoms. The van der Waals surface area contributed by atoms with Gasteiger partial charge in [0.1, 0.15) is 6.33 Å². The SMILES string of the molecule is O=C(Cc1cccc([N+](=O)[O-])c1)Nc1cccc(-n2cn[nH]c2=O)c1. The number of carbonyl (C=O) groups is 1. The Morgan fingerprint density at radius 1 is 1.24 bits per heavy atom. The molecule has 1 amide bonds. The van der Waals surface area contributed by atoms with E-state index in [-0.39, 0.29) is 23.7 Å². The van der Waals surface area contributed by atoms with E-state index in [0.717, 1.165) is 0 Å². The monoisotopic (exact) mass is 339 g/mol. The lowest BCUT2D eigenvalue weighted by Crippen LogP contribution is -2.16. The van der Waals surface area contributed by atoms with E-state index in [2.05, 4.69) is 15.5 Å². The largest absolute Gasteiger partial charge is 0.347 e. The number of aromatic amines is 1. The molecule has 0 radical (unpaired) electrons. The summed E-state index contributed by atoms with van der Waals surface area (Å²) >= 11 is 0. The van der Waals surface area contributed by atoms with Crippen LogP contribution < -0.4 is 11.0 Å². The summed E-state index contributed by atoms with van der Waals surface area (Å²) in [6, 6.07) is 12.6. The second-order valence-electron chi connectivity index (χ2n) is 5.23. The molecule has 0 saturated heterocycles. The number of nitrogens with one attached hydrogen (secondary N) is 2. The molecule has 0 aliphatic rings. The van der Waals surface area contributed by atoms with Crippen molar-refractivity contribution >= 4 is 17.3 Å². The van der Waals surface area contributed by atoms with Gasteiger partial charge in [-0.05, 0) is 23.8 Å². The Morgan fingerprint density at radius 3 is 2.76 bits per heavy atom. The molecule has 3 rings (SSSR count). The highest BCUT2D eigenvalue weighted by atomic mass is 16.6. The van der Waals surface area contributed by atoms with Gasteiger partial charge in [-0.1, -0.05) is 18.2 Å². The van der Waals surface area contributed by atoms with Gasteiger partial charge in [-0.2, -0.15) is 5.10 Å². The molecule has 0 bridgehead atoms. The average molecular weight is 339 g/mol. The van der Waals surface area contributed by atoms with Crippen LogP contribution in [0.1, 0.15) is 5.56 Å². The van der Waals surface area contributed by atoms with Crippen molar-refractivity contribution in [3.63, 3.8) is 0 Å².